The number of carbonyl (C=O) groups is 2. The molecule has 1 fully saturated rings. The van der Waals surface area contributed by atoms with Crippen LogP contribution in [0.15, 0.2) is 12.7 Å². The predicted molar refractivity (Wildman–Crippen MR) is 60.0 cm³/mol. The molecular weight excluding hydrogens is 208 g/mol. The van der Waals surface area contributed by atoms with Crippen molar-refractivity contribution in [2.75, 3.05) is 13.1 Å². The average molecular weight is 226 g/mol. The van der Waals surface area contributed by atoms with Gasteiger partial charge in [-0.25, -0.2) is 0 Å². The van der Waals surface area contributed by atoms with Crippen LogP contribution in [0.1, 0.15) is 19.8 Å². The zero-order valence-electron chi connectivity index (χ0n) is 9.48. The molecule has 16 heavy (non-hydrogen) atoms. The standard InChI is InChI=1S/C11H18N2O3/c1-3-6-13-8(2)7-12-9(11(13)16)4-5-10(14)15/h3,8-9,12H,1,4-7H2,2H3,(H,14,15). The maximum absolute atomic E-state index is 12.0. The Labute approximate surface area is 95.1 Å². The minimum absolute atomic E-state index is 0.0136. The summed E-state index contributed by atoms with van der Waals surface area (Å²) in [5.74, 6) is -0.900. The highest BCUT2D eigenvalue weighted by Gasteiger charge is 2.31. The van der Waals surface area contributed by atoms with Crippen LogP contribution in [0, 0.1) is 0 Å². The molecule has 0 bridgehead atoms. The molecule has 1 aliphatic rings. The fourth-order valence-corrected chi connectivity index (χ4v) is 1.83. The highest BCUT2D eigenvalue weighted by atomic mass is 16.4. The van der Waals surface area contributed by atoms with E-state index in [9.17, 15) is 9.59 Å². The summed E-state index contributed by atoms with van der Waals surface area (Å²) >= 11 is 0. The highest BCUT2D eigenvalue weighted by Crippen LogP contribution is 2.12. The summed E-state index contributed by atoms with van der Waals surface area (Å²) in [7, 11) is 0. The summed E-state index contributed by atoms with van der Waals surface area (Å²) in [6.45, 7) is 6.79. The van der Waals surface area contributed by atoms with E-state index >= 15 is 0 Å². The summed E-state index contributed by atoms with van der Waals surface area (Å²) < 4.78 is 0. The van der Waals surface area contributed by atoms with E-state index in [1.807, 2.05) is 6.92 Å². The number of nitrogens with zero attached hydrogens (tertiary/aromatic N) is 1. The number of carboxylic acids is 1. The van der Waals surface area contributed by atoms with Crippen molar-refractivity contribution in [2.24, 2.45) is 0 Å². The first kappa shape index (κ1) is 12.7. The van der Waals surface area contributed by atoms with Gasteiger partial charge < -0.3 is 15.3 Å². The number of amides is 1. The molecule has 0 spiro atoms. The average Bonchev–Trinajstić information content (AvgIpc) is 2.23. The molecular formula is C11H18N2O3. The van der Waals surface area contributed by atoms with Gasteiger partial charge in [-0.15, -0.1) is 6.58 Å². The Bertz CT molecular complexity index is 291. The van der Waals surface area contributed by atoms with Crippen LogP contribution < -0.4 is 5.32 Å². The lowest BCUT2D eigenvalue weighted by Crippen LogP contribution is -2.59. The molecule has 5 nitrogen and oxygen atoms in total. The van der Waals surface area contributed by atoms with E-state index in [1.54, 1.807) is 11.0 Å². The third-order valence-corrected chi connectivity index (χ3v) is 2.75. The van der Waals surface area contributed by atoms with Gasteiger partial charge in [0.05, 0.1) is 6.04 Å². The van der Waals surface area contributed by atoms with E-state index < -0.39 is 5.97 Å². The molecule has 0 aromatic rings. The number of aliphatic carboxylic acids is 1. The van der Waals surface area contributed by atoms with Crippen molar-refractivity contribution in [2.45, 2.75) is 31.8 Å². The third kappa shape index (κ3) is 3.06. The second-order valence-corrected chi connectivity index (χ2v) is 4.02. The largest absolute Gasteiger partial charge is 0.481 e. The fourth-order valence-electron chi connectivity index (χ4n) is 1.83. The topological polar surface area (TPSA) is 69.6 Å². The normalized spacial score (nSPS) is 25.6. The Morgan fingerprint density at radius 1 is 1.75 bits per heavy atom. The lowest BCUT2D eigenvalue weighted by Gasteiger charge is -2.37. The zero-order valence-corrected chi connectivity index (χ0v) is 9.48. The van der Waals surface area contributed by atoms with Gasteiger partial charge in [-0.3, -0.25) is 9.59 Å². The van der Waals surface area contributed by atoms with Crippen LogP contribution in [-0.4, -0.2) is 47.1 Å². The Kier molecular flexibility index (Phi) is 4.49. The van der Waals surface area contributed by atoms with Gasteiger partial charge in [0.1, 0.15) is 0 Å². The van der Waals surface area contributed by atoms with Gasteiger partial charge in [0, 0.05) is 25.6 Å². The number of rotatable bonds is 5. The SMILES string of the molecule is C=CCN1C(=O)C(CCC(=O)O)NCC1C. The van der Waals surface area contributed by atoms with Crippen LogP contribution in [0.5, 0.6) is 0 Å². The van der Waals surface area contributed by atoms with Crippen molar-refractivity contribution in [3.63, 3.8) is 0 Å². The molecule has 0 aliphatic carbocycles. The third-order valence-electron chi connectivity index (χ3n) is 2.75. The zero-order chi connectivity index (χ0) is 12.1. The summed E-state index contributed by atoms with van der Waals surface area (Å²) in [6.07, 6.45) is 2.04. The molecule has 1 rings (SSSR count). The molecule has 1 aliphatic heterocycles. The van der Waals surface area contributed by atoms with Crippen molar-refractivity contribution in [3.05, 3.63) is 12.7 Å². The van der Waals surface area contributed by atoms with E-state index in [2.05, 4.69) is 11.9 Å². The van der Waals surface area contributed by atoms with Crippen molar-refractivity contribution >= 4 is 11.9 Å². The lowest BCUT2D eigenvalue weighted by molar-refractivity contribution is -0.139. The number of carbonyl (C=O) groups excluding carboxylic acids is 1. The number of hydrogen-bond acceptors (Lipinski definition) is 3. The molecule has 0 saturated carbocycles. The molecule has 0 aromatic heterocycles. The summed E-state index contributed by atoms with van der Waals surface area (Å²) in [6, 6.07) is -0.237. The maximum Gasteiger partial charge on any atom is 0.303 e. The van der Waals surface area contributed by atoms with Gasteiger partial charge in [0.25, 0.3) is 0 Å². The maximum atomic E-state index is 12.0. The first-order chi connectivity index (χ1) is 7.56. The van der Waals surface area contributed by atoms with Crippen molar-refractivity contribution in [1.29, 1.82) is 0 Å². The van der Waals surface area contributed by atoms with Gasteiger partial charge in [0.2, 0.25) is 5.91 Å². The predicted octanol–water partition coefficient (Wildman–Crippen LogP) is 0.226. The molecule has 0 radical (unpaired) electrons. The summed E-state index contributed by atoms with van der Waals surface area (Å²) in [5.41, 5.74) is 0. The Balaban J connectivity index is 2.57. The van der Waals surface area contributed by atoms with Gasteiger partial charge in [-0.05, 0) is 13.3 Å². The van der Waals surface area contributed by atoms with Crippen LogP contribution in [-0.2, 0) is 9.59 Å². The quantitative estimate of drug-likeness (QED) is 0.658. The minimum Gasteiger partial charge on any atom is -0.481 e. The van der Waals surface area contributed by atoms with Gasteiger partial charge in [-0.2, -0.15) is 0 Å². The van der Waals surface area contributed by atoms with Crippen molar-refractivity contribution in [1.82, 2.24) is 10.2 Å². The molecule has 5 heteroatoms. The molecule has 1 heterocycles. The highest BCUT2D eigenvalue weighted by molar-refractivity contribution is 5.83. The van der Waals surface area contributed by atoms with E-state index in [0.29, 0.717) is 19.5 Å². The van der Waals surface area contributed by atoms with E-state index in [1.165, 1.54) is 0 Å². The number of piperazine rings is 1. The number of hydrogen-bond donors (Lipinski definition) is 2. The van der Waals surface area contributed by atoms with Crippen LogP contribution in [0.4, 0.5) is 0 Å². The Morgan fingerprint density at radius 3 is 3.00 bits per heavy atom. The monoisotopic (exact) mass is 226 g/mol. The summed E-state index contributed by atoms with van der Waals surface area (Å²) in [5, 5.41) is 11.7. The van der Waals surface area contributed by atoms with Crippen LogP contribution in [0.2, 0.25) is 0 Å². The smallest absolute Gasteiger partial charge is 0.303 e. The molecule has 1 amide bonds. The Morgan fingerprint density at radius 2 is 2.44 bits per heavy atom. The molecule has 2 atom stereocenters. The van der Waals surface area contributed by atoms with Crippen LogP contribution in [0.3, 0.4) is 0 Å². The molecule has 2 unspecified atom stereocenters. The van der Waals surface area contributed by atoms with Gasteiger partial charge in [-0.1, -0.05) is 6.08 Å². The fraction of sp³-hybridized carbons (Fsp3) is 0.636. The Hall–Kier alpha value is -1.36. The van der Waals surface area contributed by atoms with E-state index in [0.717, 1.165) is 0 Å². The summed E-state index contributed by atoms with van der Waals surface area (Å²) in [4.78, 5) is 24.1. The molecule has 90 valence electrons. The second kappa shape index (κ2) is 5.65. The minimum atomic E-state index is -0.872. The first-order valence-electron chi connectivity index (χ1n) is 5.42. The number of nitrogens with one attached hydrogen (secondary N) is 1. The second-order valence-electron chi connectivity index (χ2n) is 4.02. The van der Waals surface area contributed by atoms with Crippen molar-refractivity contribution in [3.8, 4) is 0 Å². The van der Waals surface area contributed by atoms with E-state index in [-0.39, 0.29) is 24.4 Å². The van der Waals surface area contributed by atoms with Crippen LogP contribution in [0.25, 0.3) is 0 Å². The molecule has 1 saturated heterocycles. The van der Waals surface area contributed by atoms with E-state index in [4.69, 9.17) is 5.11 Å². The van der Waals surface area contributed by atoms with Gasteiger partial charge in [0.15, 0.2) is 0 Å². The molecule has 2 N–H and O–H groups in total. The first-order valence-corrected chi connectivity index (χ1v) is 5.42. The number of carboxylic acid groups (broad SMARTS) is 1. The van der Waals surface area contributed by atoms with Crippen molar-refractivity contribution < 1.29 is 14.7 Å². The van der Waals surface area contributed by atoms with Gasteiger partial charge >= 0.3 is 5.97 Å². The lowest BCUT2D eigenvalue weighted by atomic mass is 10.0. The van der Waals surface area contributed by atoms with Crippen LogP contribution >= 0.6 is 0 Å². The molecule has 0 aromatic carbocycles.